The zero-order valence-corrected chi connectivity index (χ0v) is 13.8. The number of hydrazone groups is 1. The van der Waals surface area contributed by atoms with Crippen molar-refractivity contribution in [2.45, 2.75) is 6.61 Å². The van der Waals surface area contributed by atoms with E-state index in [0.717, 1.165) is 5.56 Å². The van der Waals surface area contributed by atoms with Crippen LogP contribution in [0.2, 0.25) is 0 Å². The van der Waals surface area contributed by atoms with Crippen LogP contribution < -0.4 is 10.2 Å². The van der Waals surface area contributed by atoms with Crippen LogP contribution >= 0.6 is 0 Å². The number of aromatic nitrogens is 1. The van der Waals surface area contributed by atoms with Crippen molar-refractivity contribution in [2.75, 3.05) is 5.43 Å². The van der Waals surface area contributed by atoms with E-state index in [1.165, 1.54) is 6.21 Å². The third-order valence-corrected chi connectivity index (χ3v) is 3.53. The summed E-state index contributed by atoms with van der Waals surface area (Å²) >= 11 is 0. The fourth-order valence-electron chi connectivity index (χ4n) is 2.21. The molecule has 1 aromatic heterocycles. The molecule has 0 fully saturated rings. The largest absolute Gasteiger partial charge is 0.488 e. The molecule has 0 atom stereocenters. The number of rotatable bonds is 6. The smallest absolute Gasteiger partial charge is 0.254 e. The average Bonchev–Trinajstić information content (AvgIpc) is 2.69. The quantitative estimate of drug-likeness (QED) is 0.295. The monoisotopic (exact) mass is 375 g/mol. The van der Waals surface area contributed by atoms with Gasteiger partial charge in [-0.25, -0.2) is 0 Å². The second-order valence-corrected chi connectivity index (χ2v) is 5.38. The van der Waals surface area contributed by atoms with Gasteiger partial charge in [0.25, 0.3) is 11.9 Å². The van der Waals surface area contributed by atoms with E-state index in [0.29, 0.717) is 17.9 Å². The molecule has 0 spiro atoms. The van der Waals surface area contributed by atoms with Crippen molar-refractivity contribution in [3.8, 4) is 5.75 Å². The Morgan fingerprint density at radius 2 is 1.52 bits per heavy atom. The second-order valence-electron chi connectivity index (χ2n) is 5.38. The van der Waals surface area contributed by atoms with Gasteiger partial charge in [0.1, 0.15) is 18.0 Å². The van der Waals surface area contributed by atoms with E-state index in [9.17, 15) is 17.6 Å². The van der Waals surface area contributed by atoms with Crippen LogP contribution in [0.5, 0.6) is 5.75 Å². The van der Waals surface area contributed by atoms with Crippen molar-refractivity contribution in [2.24, 2.45) is 5.10 Å². The van der Waals surface area contributed by atoms with Crippen molar-refractivity contribution >= 4 is 11.9 Å². The fraction of sp³-hybridized carbons (Fsp3) is 0.0526. The molecular formula is C19H13F4N3O. The molecule has 0 aliphatic heterocycles. The van der Waals surface area contributed by atoms with E-state index < -0.39 is 29.2 Å². The van der Waals surface area contributed by atoms with Crippen LogP contribution in [-0.2, 0) is 6.61 Å². The van der Waals surface area contributed by atoms with E-state index >= 15 is 0 Å². The Labute approximate surface area is 152 Å². The molecule has 0 saturated carbocycles. The zero-order valence-electron chi connectivity index (χ0n) is 13.8. The summed E-state index contributed by atoms with van der Waals surface area (Å²) in [5, 5.41) is 3.64. The Bertz CT molecular complexity index is 938. The molecule has 0 unspecified atom stereocenters. The number of benzene rings is 2. The third-order valence-electron chi connectivity index (χ3n) is 3.53. The predicted octanol–water partition coefficient (Wildman–Crippen LogP) is 4.66. The molecule has 4 nitrogen and oxygen atoms in total. The van der Waals surface area contributed by atoms with Crippen molar-refractivity contribution in [1.29, 1.82) is 0 Å². The molecule has 0 aliphatic rings. The molecule has 0 saturated heterocycles. The molecule has 2 aromatic carbocycles. The van der Waals surface area contributed by atoms with Gasteiger partial charge in [0.2, 0.25) is 11.6 Å². The Kier molecular flexibility index (Phi) is 5.65. The molecule has 1 heterocycles. The standard InChI is InChI=1S/C19H13F4N3O/c20-15-17(16(21)19(23)25-18(15)22)26-24-10-13-8-4-5-9-14(13)27-11-12-6-2-1-3-7-12/h1-10H,11H2,(H,25,26). The highest BCUT2D eigenvalue weighted by molar-refractivity contribution is 5.84. The summed E-state index contributed by atoms with van der Waals surface area (Å²) in [6, 6.07) is 16.3. The molecule has 138 valence electrons. The van der Waals surface area contributed by atoms with Crippen LogP contribution in [0.15, 0.2) is 59.7 Å². The number of halogens is 4. The van der Waals surface area contributed by atoms with E-state index in [-0.39, 0.29) is 0 Å². The Balaban J connectivity index is 1.75. The normalized spacial score (nSPS) is 11.0. The molecule has 0 bridgehead atoms. The lowest BCUT2D eigenvalue weighted by atomic mass is 10.2. The van der Waals surface area contributed by atoms with Gasteiger partial charge in [-0.3, -0.25) is 5.43 Å². The zero-order chi connectivity index (χ0) is 19.2. The average molecular weight is 375 g/mol. The first-order chi connectivity index (χ1) is 13.1. The number of ether oxygens (including phenoxy) is 1. The van der Waals surface area contributed by atoms with Gasteiger partial charge in [0.05, 0.1) is 6.21 Å². The highest BCUT2D eigenvalue weighted by Crippen LogP contribution is 2.22. The van der Waals surface area contributed by atoms with Crippen LogP contribution in [-0.4, -0.2) is 11.2 Å². The van der Waals surface area contributed by atoms with Crippen LogP contribution in [0.1, 0.15) is 11.1 Å². The lowest BCUT2D eigenvalue weighted by molar-refractivity contribution is 0.306. The second kappa shape index (κ2) is 8.31. The maximum absolute atomic E-state index is 13.6. The molecule has 8 heteroatoms. The van der Waals surface area contributed by atoms with Gasteiger partial charge in [-0.2, -0.15) is 27.6 Å². The van der Waals surface area contributed by atoms with Crippen LogP contribution in [0, 0.1) is 23.5 Å². The van der Waals surface area contributed by atoms with E-state index in [1.807, 2.05) is 35.8 Å². The first-order valence-electron chi connectivity index (χ1n) is 7.81. The molecule has 0 amide bonds. The maximum atomic E-state index is 13.6. The van der Waals surface area contributed by atoms with E-state index in [2.05, 4.69) is 10.1 Å². The number of hydrogen-bond acceptors (Lipinski definition) is 4. The minimum atomic E-state index is -1.77. The van der Waals surface area contributed by atoms with E-state index in [1.54, 1.807) is 24.3 Å². The molecule has 27 heavy (non-hydrogen) atoms. The summed E-state index contributed by atoms with van der Waals surface area (Å²) in [6.45, 7) is 0.309. The number of para-hydroxylation sites is 1. The number of nitrogens with one attached hydrogen (secondary N) is 1. The van der Waals surface area contributed by atoms with Gasteiger partial charge in [0.15, 0.2) is 0 Å². The van der Waals surface area contributed by atoms with Crippen molar-refractivity contribution in [3.63, 3.8) is 0 Å². The van der Waals surface area contributed by atoms with Crippen LogP contribution in [0.25, 0.3) is 0 Å². The summed E-state index contributed by atoms with van der Waals surface area (Å²) in [5.74, 6) is -6.39. The molecule has 3 aromatic rings. The predicted molar refractivity (Wildman–Crippen MR) is 92.5 cm³/mol. The highest BCUT2D eigenvalue weighted by Gasteiger charge is 2.20. The fourth-order valence-corrected chi connectivity index (χ4v) is 2.21. The highest BCUT2D eigenvalue weighted by atomic mass is 19.2. The molecule has 0 aliphatic carbocycles. The minimum Gasteiger partial charge on any atom is -0.488 e. The summed E-state index contributed by atoms with van der Waals surface area (Å²) in [4.78, 5) is 2.47. The minimum absolute atomic E-state index is 0.309. The third kappa shape index (κ3) is 4.41. The Morgan fingerprint density at radius 1 is 0.889 bits per heavy atom. The first kappa shape index (κ1) is 18.4. The topological polar surface area (TPSA) is 46.5 Å². The lowest BCUT2D eigenvalue weighted by Crippen LogP contribution is -2.06. The van der Waals surface area contributed by atoms with Gasteiger partial charge in [-0.15, -0.1) is 0 Å². The summed E-state index contributed by atoms with van der Waals surface area (Å²) in [7, 11) is 0. The molecular weight excluding hydrogens is 362 g/mol. The van der Waals surface area contributed by atoms with Crippen molar-refractivity contribution in [1.82, 2.24) is 4.98 Å². The van der Waals surface area contributed by atoms with Gasteiger partial charge in [0, 0.05) is 5.56 Å². The van der Waals surface area contributed by atoms with E-state index in [4.69, 9.17) is 4.74 Å². The van der Waals surface area contributed by atoms with Crippen molar-refractivity contribution < 1.29 is 22.3 Å². The van der Waals surface area contributed by atoms with Gasteiger partial charge < -0.3 is 4.74 Å². The molecule has 3 rings (SSSR count). The van der Waals surface area contributed by atoms with Gasteiger partial charge >= 0.3 is 0 Å². The number of nitrogens with zero attached hydrogens (tertiary/aromatic N) is 2. The summed E-state index contributed by atoms with van der Waals surface area (Å²) < 4.78 is 59.0. The summed E-state index contributed by atoms with van der Waals surface area (Å²) in [5.41, 5.74) is 2.34. The number of anilines is 1. The number of hydrogen-bond donors (Lipinski definition) is 1. The lowest BCUT2D eigenvalue weighted by Gasteiger charge is -2.09. The van der Waals surface area contributed by atoms with Crippen LogP contribution in [0.4, 0.5) is 23.2 Å². The molecule has 1 N–H and O–H groups in total. The maximum Gasteiger partial charge on any atom is 0.254 e. The SMILES string of the molecule is Fc1nc(F)c(F)c(NN=Cc2ccccc2OCc2ccccc2)c1F. The number of pyridine rings is 1. The molecule has 0 radical (unpaired) electrons. The van der Waals surface area contributed by atoms with Gasteiger partial charge in [-0.1, -0.05) is 42.5 Å². The Hall–Kier alpha value is -3.42. The van der Waals surface area contributed by atoms with Crippen molar-refractivity contribution in [3.05, 3.63) is 89.3 Å². The Morgan fingerprint density at radius 3 is 2.22 bits per heavy atom. The van der Waals surface area contributed by atoms with Gasteiger partial charge in [-0.05, 0) is 17.7 Å². The summed E-state index contributed by atoms with van der Waals surface area (Å²) in [6.07, 6.45) is 1.22. The first-order valence-corrected chi connectivity index (χ1v) is 7.81. The van der Waals surface area contributed by atoms with Crippen LogP contribution in [0.3, 0.4) is 0 Å².